The fourth-order valence-corrected chi connectivity index (χ4v) is 7.31. The molecule has 2 N–H and O–H groups in total. The van der Waals surface area contributed by atoms with Gasteiger partial charge in [0.15, 0.2) is 0 Å². The van der Waals surface area contributed by atoms with Crippen molar-refractivity contribution >= 4 is 40.0 Å². The van der Waals surface area contributed by atoms with Gasteiger partial charge in [-0.25, -0.2) is 0 Å². The Morgan fingerprint density at radius 3 is 2.89 bits per heavy atom. The van der Waals surface area contributed by atoms with Crippen LogP contribution in [0.3, 0.4) is 0 Å². The van der Waals surface area contributed by atoms with Crippen LogP contribution >= 0.6 is 23.2 Å². The van der Waals surface area contributed by atoms with Gasteiger partial charge < -0.3 is 10.3 Å². The minimum atomic E-state index is -0.284. The number of halogens is 2. The van der Waals surface area contributed by atoms with E-state index in [2.05, 4.69) is 29.0 Å². The third-order valence-corrected chi connectivity index (χ3v) is 8.86. The van der Waals surface area contributed by atoms with Gasteiger partial charge in [0.2, 0.25) is 5.91 Å². The van der Waals surface area contributed by atoms with Crippen LogP contribution in [-0.2, 0) is 16.6 Å². The smallest absolute Gasteiger partial charge is 0.241 e. The highest BCUT2D eigenvalue weighted by molar-refractivity contribution is 6.45. The Morgan fingerprint density at radius 2 is 2.07 bits per heavy atom. The van der Waals surface area contributed by atoms with Crippen molar-refractivity contribution in [2.24, 2.45) is 5.92 Å². The molecule has 5 aliphatic rings. The van der Waals surface area contributed by atoms with Gasteiger partial charge in [0, 0.05) is 28.6 Å². The van der Waals surface area contributed by atoms with Crippen molar-refractivity contribution in [3.63, 3.8) is 0 Å². The lowest BCUT2D eigenvalue weighted by molar-refractivity contribution is -0.160. The molecular weight excluding hydrogens is 381 g/mol. The molecule has 4 fully saturated rings. The Balaban J connectivity index is 1.61. The van der Waals surface area contributed by atoms with Crippen LogP contribution in [-0.4, -0.2) is 40.0 Å². The number of H-pyrrole nitrogens is 1. The third kappa shape index (κ3) is 1.79. The van der Waals surface area contributed by atoms with E-state index >= 15 is 0 Å². The number of piperidine rings is 2. The zero-order valence-electron chi connectivity index (χ0n) is 15.6. The summed E-state index contributed by atoms with van der Waals surface area (Å²) in [4.78, 5) is 19.3. The second-order valence-corrected chi connectivity index (χ2v) is 10.4. The van der Waals surface area contributed by atoms with Gasteiger partial charge in [0.1, 0.15) is 5.54 Å². The van der Waals surface area contributed by atoms with Gasteiger partial charge in [-0.05, 0) is 55.8 Å². The Morgan fingerprint density at radius 1 is 1.26 bits per heavy atom. The van der Waals surface area contributed by atoms with Gasteiger partial charge in [0.25, 0.3) is 0 Å². The number of aromatic nitrogens is 1. The molecule has 27 heavy (non-hydrogen) atoms. The van der Waals surface area contributed by atoms with E-state index in [0.717, 1.165) is 49.7 Å². The van der Waals surface area contributed by atoms with Gasteiger partial charge in [-0.3, -0.25) is 9.69 Å². The van der Waals surface area contributed by atoms with Crippen molar-refractivity contribution in [3.8, 4) is 0 Å². The Hall–Kier alpha value is -1.23. The summed E-state index contributed by atoms with van der Waals surface area (Å²) >= 11 is 13.0. The average molecular weight is 404 g/mol. The summed E-state index contributed by atoms with van der Waals surface area (Å²) in [5, 5.41) is 5.73. The standard InChI is InChI=1S/C21H23Cl2N3O/c1-19(2)14-9-21-6-3-7-26(21)10-20(14,25-18(21)27)8-11-15-13(24-17(11)19)5-4-12(22)16(15)23/h4-5,14,24H,3,6-10H2,1-2H3,(H,25,27)/t14-,20-,21+/m1/s1. The number of carbonyl (C=O) groups excluding carboxylic acids is 1. The molecule has 2 aromatic rings. The molecule has 4 saturated heterocycles. The molecule has 0 unspecified atom stereocenters. The van der Waals surface area contributed by atoms with Crippen LogP contribution in [0.2, 0.25) is 10.0 Å². The van der Waals surface area contributed by atoms with Crippen molar-refractivity contribution in [2.45, 2.75) is 56.0 Å². The minimum Gasteiger partial charge on any atom is -0.358 e. The number of carbonyl (C=O) groups is 1. The largest absolute Gasteiger partial charge is 0.358 e. The maximum absolute atomic E-state index is 13.1. The van der Waals surface area contributed by atoms with Gasteiger partial charge >= 0.3 is 0 Å². The average Bonchev–Trinajstić information content (AvgIpc) is 3.19. The van der Waals surface area contributed by atoms with Crippen molar-refractivity contribution in [1.29, 1.82) is 0 Å². The van der Waals surface area contributed by atoms with Gasteiger partial charge in [-0.15, -0.1) is 0 Å². The fraction of sp³-hybridized carbons (Fsp3) is 0.571. The van der Waals surface area contributed by atoms with E-state index in [0.29, 0.717) is 16.0 Å². The topological polar surface area (TPSA) is 48.1 Å². The first-order chi connectivity index (χ1) is 12.8. The summed E-state index contributed by atoms with van der Waals surface area (Å²) in [5.41, 5.74) is 2.96. The molecule has 7 rings (SSSR count). The number of aromatic amines is 1. The zero-order chi connectivity index (χ0) is 18.8. The van der Waals surface area contributed by atoms with Gasteiger partial charge in [0.05, 0.1) is 15.6 Å². The van der Waals surface area contributed by atoms with E-state index < -0.39 is 0 Å². The highest BCUT2D eigenvalue weighted by Crippen LogP contribution is 2.59. The molecule has 2 bridgehead atoms. The fourth-order valence-electron chi connectivity index (χ4n) is 6.87. The van der Waals surface area contributed by atoms with Gasteiger partial charge in [-0.2, -0.15) is 0 Å². The molecule has 0 saturated carbocycles. The quantitative estimate of drug-likeness (QED) is 0.697. The van der Waals surface area contributed by atoms with E-state index in [1.165, 1.54) is 11.3 Å². The molecule has 0 radical (unpaired) electrons. The minimum absolute atomic E-state index is 0.0716. The maximum Gasteiger partial charge on any atom is 0.241 e. The third-order valence-electron chi connectivity index (χ3n) is 8.06. The number of hydrogen-bond donors (Lipinski definition) is 2. The number of rotatable bonds is 0. The Labute approximate surface area is 168 Å². The number of fused-ring (bicyclic) bond motifs is 4. The van der Waals surface area contributed by atoms with Crippen LogP contribution in [0.4, 0.5) is 0 Å². The van der Waals surface area contributed by atoms with E-state index in [1.54, 1.807) is 0 Å². The molecule has 1 aromatic heterocycles. The van der Waals surface area contributed by atoms with Crippen LogP contribution in [0, 0.1) is 5.92 Å². The highest BCUT2D eigenvalue weighted by atomic mass is 35.5. The predicted octanol–water partition coefficient (Wildman–Crippen LogP) is 4.03. The Bertz CT molecular complexity index is 1030. The normalized spacial score (nSPS) is 36.4. The van der Waals surface area contributed by atoms with Crippen molar-refractivity contribution in [2.75, 3.05) is 13.1 Å². The number of benzene rings is 1. The molecule has 5 heterocycles. The SMILES string of the molecule is CC1(C)c2[nH]c3ccc(Cl)c(Cl)c3c2C[C@@]23CN4CCC[C@]4(C[C@H]12)C(=O)N3. The zero-order valence-corrected chi connectivity index (χ0v) is 17.1. The first-order valence-electron chi connectivity index (χ1n) is 9.85. The second-order valence-electron chi connectivity index (χ2n) is 9.58. The van der Waals surface area contributed by atoms with Crippen LogP contribution < -0.4 is 5.32 Å². The van der Waals surface area contributed by atoms with E-state index in [4.69, 9.17) is 23.2 Å². The van der Waals surface area contributed by atoms with E-state index in [9.17, 15) is 4.79 Å². The Kier molecular flexibility index (Phi) is 2.99. The second kappa shape index (κ2) is 4.84. The molecule has 3 atom stereocenters. The molecule has 1 amide bonds. The summed E-state index contributed by atoms with van der Waals surface area (Å²) < 4.78 is 0. The lowest BCUT2D eigenvalue weighted by Crippen LogP contribution is -2.82. The van der Waals surface area contributed by atoms with Crippen LogP contribution in [0.5, 0.6) is 0 Å². The molecule has 4 nitrogen and oxygen atoms in total. The summed E-state index contributed by atoms with van der Waals surface area (Å²) in [7, 11) is 0. The number of nitrogens with zero attached hydrogens (tertiary/aromatic N) is 1. The molecule has 6 heteroatoms. The number of amides is 1. The van der Waals surface area contributed by atoms with Crippen molar-refractivity contribution < 1.29 is 4.79 Å². The maximum atomic E-state index is 13.1. The van der Waals surface area contributed by atoms with Crippen LogP contribution in [0.15, 0.2) is 12.1 Å². The molecule has 142 valence electrons. The van der Waals surface area contributed by atoms with Crippen LogP contribution in [0.25, 0.3) is 10.9 Å². The molecule has 1 aromatic carbocycles. The lowest BCUT2D eigenvalue weighted by Gasteiger charge is -2.65. The molecule has 4 aliphatic heterocycles. The van der Waals surface area contributed by atoms with Crippen molar-refractivity contribution in [3.05, 3.63) is 33.4 Å². The molecule has 2 spiro atoms. The summed E-state index contributed by atoms with van der Waals surface area (Å²) in [6.07, 6.45) is 3.87. The summed E-state index contributed by atoms with van der Waals surface area (Å²) in [6.45, 7) is 6.63. The summed E-state index contributed by atoms with van der Waals surface area (Å²) in [6, 6.07) is 3.88. The monoisotopic (exact) mass is 403 g/mol. The molecular formula is C21H23Cl2N3O. The highest BCUT2D eigenvalue weighted by Gasteiger charge is 2.68. The lowest BCUT2D eigenvalue weighted by atomic mass is 9.51. The number of hydrogen-bond acceptors (Lipinski definition) is 2. The first kappa shape index (κ1) is 16.7. The van der Waals surface area contributed by atoms with Crippen LogP contribution in [0.1, 0.15) is 44.4 Å². The number of piperazine rings is 1. The molecule has 1 aliphatic carbocycles. The first-order valence-corrected chi connectivity index (χ1v) is 10.6. The van der Waals surface area contributed by atoms with Gasteiger partial charge in [-0.1, -0.05) is 37.0 Å². The number of nitrogens with one attached hydrogen (secondary N) is 2. The predicted molar refractivity (Wildman–Crippen MR) is 108 cm³/mol. The summed E-state index contributed by atoms with van der Waals surface area (Å²) in [5.74, 6) is 0.651. The van der Waals surface area contributed by atoms with Crippen molar-refractivity contribution in [1.82, 2.24) is 15.2 Å². The van der Waals surface area contributed by atoms with E-state index in [1.807, 2.05) is 12.1 Å². The van der Waals surface area contributed by atoms with E-state index in [-0.39, 0.29) is 22.4 Å².